The first-order valence-electron chi connectivity index (χ1n) is 8.26. The third kappa shape index (κ3) is 4.27. The van der Waals surface area contributed by atoms with Crippen molar-refractivity contribution in [2.24, 2.45) is 5.92 Å². The van der Waals surface area contributed by atoms with Crippen LogP contribution in [-0.2, 0) is 13.1 Å². The van der Waals surface area contributed by atoms with E-state index >= 15 is 0 Å². The molecule has 3 heterocycles. The highest BCUT2D eigenvalue weighted by molar-refractivity contribution is 5.17. The van der Waals surface area contributed by atoms with Gasteiger partial charge in [0.15, 0.2) is 0 Å². The van der Waals surface area contributed by atoms with Crippen LogP contribution < -0.4 is 5.32 Å². The van der Waals surface area contributed by atoms with Gasteiger partial charge in [0.1, 0.15) is 0 Å². The zero-order chi connectivity index (χ0) is 16.1. The van der Waals surface area contributed by atoms with Gasteiger partial charge < -0.3 is 5.32 Å². The number of nitrogens with zero attached hydrogens (tertiary/aromatic N) is 4. The number of rotatable bonds is 6. The van der Waals surface area contributed by atoms with Gasteiger partial charge in [0.2, 0.25) is 0 Å². The topological polar surface area (TPSA) is 46.0 Å². The summed E-state index contributed by atoms with van der Waals surface area (Å²) in [6.45, 7) is 10.1. The Labute approximate surface area is 138 Å². The molecule has 5 heteroatoms. The van der Waals surface area contributed by atoms with Gasteiger partial charge in [-0.05, 0) is 24.5 Å². The molecule has 2 aromatic heterocycles. The highest BCUT2D eigenvalue weighted by Gasteiger charge is 2.25. The molecule has 122 valence electrons. The van der Waals surface area contributed by atoms with E-state index in [0.29, 0.717) is 12.0 Å². The summed E-state index contributed by atoms with van der Waals surface area (Å²) >= 11 is 0. The van der Waals surface area contributed by atoms with Crippen molar-refractivity contribution in [1.29, 1.82) is 0 Å². The van der Waals surface area contributed by atoms with Crippen LogP contribution in [0.1, 0.15) is 24.6 Å². The minimum Gasteiger partial charge on any atom is -0.309 e. The molecule has 0 aliphatic carbocycles. The lowest BCUT2D eigenvalue weighted by Gasteiger charge is -2.37. The van der Waals surface area contributed by atoms with Crippen LogP contribution >= 0.6 is 0 Å². The summed E-state index contributed by atoms with van der Waals surface area (Å²) in [5.74, 6) is 0.627. The van der Waals surface area contributed by atoms with Crippen molar-refractivity contribution in [3.05, 3.63) is 54.6 Å². The van der Waals surface area contributed by atoms with E-state index in [1.54, 1.807) is 10.9 Å². The number of likely N-dealkylation sites (tertiary alicyclic amines) is 1. The highest BCUT2D eigenvalue weighted by Crippen LogP contribution is 2.19. The molecule has 2 atom stereocenters. The first kappa shape index (κ1) is 15.9. The molecule has 1 saturated heterocycles. The van der Waals surface area contributed by atoms with E-state index in [1.165, 1.54) is 12.0 Å². The van der Waals surface area contributed by atoms with Crippen LogP contribution in [0.15, 0.2) is 43.4 Å². The summed E-state index contributed by atoms with van der Waals surface area (Å²) < 4.78 is 1.75. The van der Waals surface area contributed by atoms with Crippen LogP contribution in [-0.4, -0.2) is 38.8 Å². The van der Waals surface area contributed by atoms with Gasteiger partial charge in [-0.2, -0.15) is 5.10 Å². The van der Waals surface area contributed by atoms with E-state index in [1.807, 2.05) is 24.7 Å². The third-order valence-corrected chi connectivity index (χ3v) is 4.51. The molecule has 5 nitrogen and oxygen atoms in total. The Kier molecular flexibility index (Phi) is 5.20. The first-order chi connectivity index (χ1) is 11.2. The van der Waals surface area contributed by atoms with Crippen LogP contribution in [0.4, 0.5) is 0 Å². The van der Waals surface area contributed by atoms with Gasteiger partial charge in [0.05, 0.1) is 11.9 Å². The molecule has 1 aliphatic rings. The van der Waals surface area contributed by atoms with Gasteiger partial charge in [-0.3, -0.25) is 9.88 Å². The molecule has 0 bridgehead atoms. The molecular formula is C18H25N5. The molecule has 1 N–H and O–H groups in total. The van der Waals surface area contributed by atoms with Crippen molar-refractivity contribution in [2.45, 2.75) is 32.5 Å². The Bertz CT molecular complexity index is 621. The van der Waals surface area contributed by atoms with E-state index in [9.17, 15) is 0 Å². The minimum atomic E-state index is 0.557. The fraction of sp³-hybridized carbons (Fsp3) is 0.444. The summed E-state index contributed by atoms with van der Waals surface area (Å²) in [6, 6.07) is 6.69. The molecule has 23 heavy (non-hydrogen) atoms. The van der Waals surface area contributed by atoms with Gasteiger partial charge in [0, 0.05) is 56.4 Å². The Hall–Kier alpha value is -1.98. The molecule has 1 fully saturated rings. The Morgan fingerprint density at radius 1 is 1.43 bits per heavy atom. The molecule has 0 unspecified atom stereocenters. The fourth-order valence-corrected chi connectivity index (χ4v) is 3.22. The molecule has 1 aliphatic heterocycles. The summed E-state index contributed by atoms with van der Waals surface area (Å²) in [6.07, 6.45) is 8.67. The zero-order valence-corrected chi connectivity index (χ0v) is 13.7. The van der Waals surface area contributed by atoms with Gasteiger partial charge in [-0.25, -0.2) is 4.68 Å². The molecule has 3 rings (SSSR count). The molecule has 2 aromatic rings. The van der Waals surface area contributed by atoms with Gasteiger partial charge in [-0.1, -0.05) is 19.6 Å². The van der Waals surface area contributed by atoms with Crippen molar-refractivity contribution >= 4 is 6.20 Å². The lowest BCUT2D eigenvalue weighted by molar-refractivity contribution is 0.139. The standard InChI is InChI=1S/C18H25N5/c1-3-23-13-16(11-21-23)10-20-18-7-9-22(12-15(18)2)14-17-6-4-5-8-19-17/h3-6,8,11,13,15,18,20H,1,7,9-10,12,14H2,2H3/t15-,18+/m1/s1. The SMILES string of the molecule is C=Cn1cc(CN[C@H]2CCN(Cc3ccccn3)C[C@H]2C)cn1. The maximum absolute atomic E-state index is 4.43. The molecule has 0 saturated carbocycles. The van der Waals surface area contributed by atoms with E-state index in [-0.39, 0.29) is 0 Å². The average molecular weight is 311 g/mol. The second-order valence-electron chi connectivity index (χ2n) is 6.32. The number of hydrogen-bond acceptors (Lipinski definition) is 4. The van der Waals surface area contributed by atoms with Crippen molar-refractivity contribution in [3.63, 3.8) is 0 Å². The predicted molar refractivity (Wildman–Crippen MR) is 92.5 cm³/mol. The second-order valence-corrected chi connectivity index (χ2v) is 6.32. The molecular weight excluding hydrogens is 286 g/mol. The molecule has 0 amide bonds. The van der Waals surface area contributed by atoms with Crippen molar-refractivity contribution in [2.75, 3.05) is 13.1 Å². The smallest absolute Gasteiger partial charge is 0.0543 e. The van der Waals surface area contributed by atoms with Crippen molar-refractivity contribution in [3.8, 4) is 0 Å². The van der Waals surface area contributed by atoms with E-state index in [2.05, 4.69) is 45.9 Å². The maximum Gasteiger partial charge on any atom is 0.0543 e. The second kappa shape index (κ2) is 7.53. The quantitative estimate of drug-likeness (QED) is 0.890. The molecule has 0 spiro atoms. The normalized spacial score (nSPS) is 22.1. The largest absolute Gasteiger partial charge is 0.309 e. The predicted octanol–water partition coefficient (Wildman–Crippen LogP) is 2.38. The van der Waals surface area contributed by atoms with E-state index in [0.717, 1.165) is 31.9 Å². The van der Waals surface area contributed by atoms with Crippen LogP contribution in [0.5, 0.6) is 0 Å². The first-order valence-corrected chi connectivity index (χ1v) is 8.26. The van der Waals surface area contributed by atoms with Crippen LogP contribution in [0.3, 0.4) is 0 Å². The van der Waals surface area contributed by atoms with Crippen molar-refractivity contribution in [1.82, 2.24) is 25.0 Å². The number of piperidine rings is 1. The Balaban J connectivity index is 1.47. The number of aromatic nitrogens is 3. The summed E-state index contributed by atoms with van der Waals surface area (Å²) in [7, 11) is 0. The number of nitrogens with one attached hydrogen (secondary N) is 1. The average Bonchev–Trinajstić information content (AvgIpc) is 3.03. The van der Waals surface area contributed by atoms with Crippen LogP contribution in [0.25, 0.3) is 6.20 Å². The molecule has 0 aromatic carbocycles. The summed E-state index contributed by atoms with van der Waals surface area (Å²) in [4.78, 5) is 6.93. The highest BCUT2D eigenvalue weighted by atomic mass is 15.2. The van der Waals surface area contributed by atoms with Crippen LogP contribution in [0.2, 0.25) is 0 Å². The van der Waals surface area contributed by atoms with E-state index < -0.39 is 0 Å². The fourth-order valence-electron chi connectivity index (χ4n) is 3.22. The minimum absolute atomic E-state index is 0.557. The van der Waals surface area contributed by atoms with Crippen LogP contribution in [0, 0.1) is 5.92 Å². The van der Waals surface area contributed by atoms with Gasteiger partial charge in [0.25, 0.3) is 0 Å². The summed E-state index contributed by atoms with van der Waals surface area (Å²) in [5, 5.41) is 7.90. The zero-order valence-electron chi connectivity index (χ0n) is 13.7. The van der Waals surface area contributed by atoms with Crippen molar-refractivity contribution < 1.29 is 0 Å². The van der Waals surface area contributed by atoms with Gasteiger partial charge in [-0.15, -0.1) is 0 Å². The Morgan fingerprint density at radius 2 is 2.35 bits per heavy atom. The monoisotopic (exact) mass is 311 g/mol. The maximum atomic E-state index is 4.43. The molecule has 0 radical (unpaired) electrons. The summed E-state index contributed by atoms with van der Waals surface area (Å²) in [5.41, 5.74) is 2.36. The van der Waals surface area contributed by atoms with E-state index in [4.69, 9.17) is 0 Å². The lowest BCUT2D eigenvalue weighted by atomic mass is 9.93. The van der Waals surface area contributed by atoms with Gasteiger partial charge >= 0.3 is 0 Å². The number of hydrogen-bond donors (Lipinski definition) is 1. The third-order valence-electron chi connectivity index (χ3n) is 4.51. The lowest BCUT2D eigenvalue weighted by Crippen LogP contribution is -2.47. The number of pyridine rings is 1. The Morgan fingerprint density at radius 3 is 3.04 bits per heavy atom.